The second-order valence-electron chi connectivity index (χ2n) is 4.29. The first kappa shape index (κ1) is 13.3. The molecule has 6 heteroatoms. The molecule has 2 aromatic rings. The van der Waals surface area contributed by atoms with Crippen molar-refractivity contribution in [3.63, 3.8) is 0 Å². The third-order valence-electron chi connectivity index (χ3n) is 2.73. The van der Waals surface area contributed by atoms with E-state index in [-0.39, 0.29) is 11.7 Å². The van der Waals surface area contributed by atoms with Crippen molar-refractivity contribution >= 4 is 22.8 Å². The quantitative estimate of drug-likeness (QED) is 0.897. The molecular weight excluding hydrogens is 258 g/mol. The normalized spacial score (nSPS) is 11.9. The molecule has 19 heavy (non-hydrogen) atoms. The van der Waals surface area contributed by atoms with Gasteiger partial charge in [-0.25, -0.2) is 9.97 Å². The van der Waals surface area contributed by atoms with Gasteiger partial charge in [0.05, 0.1) is 22.4 Å². The largest absolute Gasteiger partial charge is 0.396 e. The molecule has 0 bridgehead atoms. The molecule has 0 fully saturated rings. The number of nitrogens with zero attached hydrogens (tertiary/aromatic N) is 3. The highest BCUT2D eigenvalue weighted by atomic mass is 32.1. The summed E-state index contributed by atoms with van der Waals surface area (Å²) in [5, 5.41) is 13.2. The molecule has 0 aliphatic rings. The molecular formula is C13H15N5S. The number of hydrogen-bond donors (Lipinski definition) is 2. The number of pyridine rings is 1. The molecule has 0 spiro atoms. The van der Waals surface area contributed by atoms with E-state index < -0.39 is 0 Å². The number of nitrogens with one attached hydrogen (secondary N) is 1. The molecule has 2 heterocycles. The molecule has 0 aliphatic carbocycles. The van der Waals surface area contributed by atoms with Crippen LogP contribution in [0, 0.1) is 25.2 Å². The fourth-order valence-corrected chi connectivity index (χ4v) is 2.81. The zero-order chi connectivity index (χ0) is 14.0. The summed E-state index contributed by atoms with van der Waals surface area (Å²) in [7, 11) is 0. The van der Waals surface area contributed by atoms with Crippen LogP contribution in [0.1, 0.15) is 34.2 Å². The topological polar surface area (TPSA) is 87.6 Å². The molecule has 1 unspecified atom stereocenters. The van der Waals surface area contributed by atoms with Crippen molar-refractivity contribution in [3.05, 3.63) is 33.4 Å². The summed E-state index contributed by atoms with van der Waals surface area (Å²) in [5.74, 6) is 0.642. The zero-order valence-electron chi connectivity index (χ0n) is 11.1. The zero-order valence-corrected chi connectivity index (χ0v) is 11.9. The Kier molecular flexibility index (Phi) is 3.67. The molecule has 0 aromatic carbocycles. The Morgan fingerprint density at radius 3 is 2.68 bits per heavy atom. The van der Waals surface area contributed by atoms with Crippen LogP contribution < -0.4 is 11.1 Å². The molecule has 5 nitrogen and oxygen atoms in total. The Bertz CT molecular complexity index is 641. The van der Waals surface area contributed by atoms with Crippen molar-refractivity contribution in [2.75, 3.05) is 11.1 Å². The van der Waals surface area contributed by atoms with Gasteiger partial charge < -0.3 is 11.1 Å². The van der Waals surface area contributed by atoms with E-state index in [1.54, 1.807) is 23.5 Å². The maximum absolute atomic E-state index is 8.91. The predicted molar refractivity (Wildman–Crippen MR) is 77.0 cm³/mol. The van der Waals surface area contributed by atoms with Gasteiger partial charge in [-0.05, 0) is 32.9 Å². The minimum atomic E-state index is 0.0915. The van der Waals surface area contributed by atoms with Gasteiger partial charge in [-0.15, -0.1) is 11.3 Å². The molecule has 0 amide bonds. The minimum Gasteiger partial charge on any atom is -0.396 e. The van der Waals surface area contributed by atoms with E-state index in [4.69, 9.17) is 11.0 Å². The molecule has 2 rings (SSSR count). The molecule has 2 aromatic heterocycles. The van der Waals surface area contributed by atoms with E-state index in [0.29, 0.717) is 11.5 Å². The van der Waals surface area contributed by atoms with Gasteiger partial charge in [0.1, 0.15) is 11.9 Å². The molecule has 0 radical (unpaired) electrons. The van der Waals surface area contributed by atoms with E-state index >= 15 is 0 Å². The van der Waals surface area contributed by atoms with Crippen molar-refractivity contribution in [2.45, 2.75) is 26.8 Å². The number of rotatable bonds is 3. The van der Waals surface area contributed by atoms with Crippen LogP contribution in [0.3, 0.4) is 0 Å². The lowest BCUT2D eigenvalue weighted by Crippen LogP contribution is -2.08. The van der Waals surface area contributed by atoms with E-state index in [1.165, 1.54) is 4.88 Å². The molecule has 3 N–H and O–H groups in total. The van der Waals surface area contributed by atoms with E-state index in [2.05, 4.69) is 15.3 Å². The summed E-state index contributed by atoms with van der Waals surface area (Å²) >= 11 is 1.66. The average molecular weight is 273 g/mol. The number of nitriles is 1. The number of nitrogens with two attached hydrogens (primary N) is 1. The van der Waals surface area contributed by atoms with Crippen LogP contribution in [0.15, 0.2) is 12.1 Å². The second kappa shape index (κ2) is 5.24. The van der Waals surface area contributed by atoms with Gasteiger partial charge in [-0.1, -0.05) is 0 Å². The summed E-state index contributed by atoms with van der Waals surface area (Å²) < 4.78 is 0. The Labute approximate surface area is 116 Å². The van der Waals surface area contributed by atoms with Crippen LogP contribution >= 0.6 is 11.3 Å². The standard InChI is InChI=1S/C13H15N5S/c1-7-13(19-9(3)16-7)8(2)17-12-5-4-10(15)11(6-14)18-12/h4-5,8H,15H2,1-3H3,(H,17,18). The number of aryl methyl sites for hydroxylation is 2. The van der Waals surface area contributed by atoms with Gasteiger partial charge in [-0.3, -0.25) is 0 Å². The third kappa shape index (κ3) is 2.83. The van der Waals surface area contributed by atoms with Gasteiger partial charge in [0.25, 0.3) is 0 Å². The van der Waals surface area contributed by atoms with Crippen molar-refractivity contribution in [2.24, 2.45) is 0 Å². The molecule has 1 atom stereocenters. The Morgan fingerprint density at radius 1 is 1.37 bits per heavy atom. The van der Waals surface area contributed by atoms with Gasteiger partial charge >= 0.3 is 0 Å². The van der Waals surface area contributed by atoms with Crippen LogP contribution in [0.2, 0.25) is 0 Å². The predicted octanol–water partition coefficient (Wildman–Crippen LogP) is 2.78. The maximum Gasteiger partial charge on any atom is 0.165 e. The number of anilines is 2. The summed E-state index contributed by atoms with van der Waals surface area (Å²) in [6, 6.07) is 5.53. The van der Waals surface area contributed by atoms with Crippen LogP contribution in [-0.4, -0.2) is 9.97 Å². The number of thiazole rings is 1. The molecule has 0 saturated carbocycles. The van der Waals surface area contributed by atoms with Gasteiger partial charge in [0.2, 0.25) is 0 Å². The highest BCUT2D eigenvalue weighted by Gasteiger charge is 2.13. The van der Waals surface area contributed by atoms with Crippen molar-refractivity contribution in [3.8, 4) is 6.07 Å². The summed E-state index contributed by atoms with van der Waals surface area (Å²) in [4.78, 5) is 9.76. The lowest BCUT2D eigenvalue weighted by molar-refractivity contribution is 0.879. The van der Waals surface area contributed by atoms with Crippen LogP contribution in [0.25, 0.3) is 0 Å². The second-order valence-corrected chi connectivity index (χ2v) is 5.53. The maximum atomic E-state index is 8.91. The minimum absolute atomic E-state index is 0.0915. The van der Waals surface area contributed by atoms with E-state index in [9.17, 15) is 0 Å². The molecule has 0 aliphatic heterocycles. The number of aromatic nitrogens is 2. The van der Waals surface area contributed by atoms with Gasteiger partial charge in [0, 0.05) is 4.88 Å². The summed E-state index contributed by atoms with van der Waals surface area (Å²) in [5.41, 5.74) is 7.31. The monoisotopic (exact) mass is 273 g/mol. The molecule has 98 valence electrons. The van der Waals surface area contributed by atoms with Gasteiger partial charge in [0.15, 0.2) is 5.69 Å². The highest BCUT2D eigenvalue weighted by molar-refractivity contribution is 7.11. The van der Waals surface area contributed by atoms with Crippen molar-refractivity contribution in [1.82, 2.24) is 9.97 Å². The SMILES string of the molecule is Cc1nc(C)c(C(C)Nc2ccc(N)c(C#N)n2)s1. The average Bonchev–Trinajstić information content (AvgIpc) is 2.71. The van der Waals surface area contributed by atoms with Crippen molar-refractivity contribution < 1.29 is 0 Å². The fraction of sp³-hybridized carbons (Fsp3) is 0.308. The number of hydrogen-bond acceptors (Lipinski definition) is 6. The number of nitrogen functional groups attached to an aromatic ring is 1. The first-order valence-electron chi connectivity index (χ1n) is 5.88. The highest BCUT2D eigenvalue weighted by Crippen LogP contribution is 2.27. The Balaban J connectivity index is 2.22. The van der Waals surface area contributed by atoms with Crippen LogP contribution in [0.5, 0.6) is 0 Å². The van der Waals surface area contributed by atoms with Gasteiger partial charge in [-0.2, -0.15) is 5.26 Å². The Hall–Kier alpha value is -2.13. The lowest BCUT2D eigenvalue weighted by atomic mass is 10.2. The summed E-state index contributed by atoms with van der Waals surface area (Å²) in [6.45, 7) is 6.03. The third-order valence-corrected chi connectivity index (χ3v) is 3.99. The van der Waals surface area contributed by atoms with Crippen molar-refractivity contribution in [1.29, 1.82) is 5.26 Å². The van der Waals surface area contributed by atoms with E-state index in [1.807, 2.05) is 26.8 Å². The molecule has 0 saturated heterocycles. The van der Waals surface area contributed by atoms with E-state index in [0.717, 1.165) is 10.7 Å². The first-order valence-corrected chi connectivity index (χ1v) is 6.70. The smallest absolute Gasteiger partial charge is 0.165 e. The lowest BCUT2D eigenvalue weighted by Gasteiger charge is -2.14. The fourth-order valence-electron chi connectivity index (χ4n) is 1.88. The summed E-state index contributed by atoms with van der Waals surface area (Å²) in [6.07, 6.45) is 0. The first-order chi connectivity index (χ1) is 9.01. The van der Waals surface area contributed by atoms with Crippen LogP contribution in [-0.2, 0) is 0 Å². The Morgan fingerprint density at radius 2 is 2.11 bits per heavy atom. The van der Waals surface area contributed by atoms with Crippen LogP contribution in [0.4, 0.5) is 11.5 Å².